The van der Waals surface area contributed by atoms with Crippen molar-refractivity contribution in [2.45, 2.75) is 78.2 Å². The number of amides is 2. The lowest BCUT2D eigenvalue weighted by molar-refractivity contribution is -0.117. The second kappa shape index (κ2) is 12.8. The van der Waals surface area contributed by atoms with E-state index in [-0.39, 0.29) is 30.2 Å². The number of anilines is 2. The van der Waals surface area contributed by atoms with Crippen LogP contribution in [0.25, 0.3) is 10.9 Å². The van der Waals surface area contributed by atoms with Gasteiger partial charge < -0.3 is 24.6 Å². The first-order valence-electron chi connectivity index (χ1n) is 15.2. The molecule has 1 N–H and O–H groups in total. The van der Waals surface area contributed by atoms with Crippen molar-refractivity contribution in [2.24, 2.45) is 0 Å². The van der Waals surface area contributed by atoms with Crippen molar-refractivity contribution in [2.75, 3.05) is 42.9 Å². The molecule has 10 nitrogen and oxygen atoms in total. The van der Waals surface area contributed by atoms with Gasteiger partial charge in [0.25, 0.3) is 0 Å². The minimum atomic E-state index is -0.509. The van der Waals surface area contributed by atoms with Gasteiger partial charge in [-0.2, -0.15) is 0 Å². The van der Waals surface area contributed by atoms with Crippen molar-refractivity contribution in [3.63, 3.8) is 0 Å². The van der Waals surface area contributed by atoms with Crippen LogP contribution < -0.4 is 15.0 Å². The molecule has 0 aliphatic carbocycles. The highest BCUT2D eigenvalue weighted by Crippen LogP contribution is 2.29. The molecule has 1 aromatic heterocycles. The normalized spacial score (nSPS) is 20.2. The summed E-state index contributed by atoms with van der Waals surface area (Å²) in [5.41, 5.74) is 2.15. The number of aryl methyl sites for hydroxylation is 1. The number of carbonyl (C=O) groups is 2. The van der Waals surface area contributed by atoms with Gasteiger partial charge in [-0.15, -0.1) is 0 Å². The summed E-state index contributed by atoms with van der Waals surface area (Å²) in [6.45, 7) is 14.9. The van der Waals surface area contributed by atoms with Gasteiger partial charge in [0.15, 0.2) is 0 Å². The monoisotopic (exact) mass is 588 g/mol. The fourth-order valence-corrected chi connectivity index (χ4v) is 6.05. The zero-order chi connectivity index (χ0) is 30.7. The van der Waals surface area contributed by atoms with Crippen LogP contribution in [0.1, 0.15) is 53.0 Å². The van der Waals surface area contributed by atoms with Crippen molar-refractivity contribution in [1.82, 2.24) is 19.8 Å². The van der Waals surface area contributed by atoms with Crippen LogP contribution in [0.3, 0.4) is 0 Å². The first-order valence-corrected chi connectivity index (χ1v) is 15.2. The van der Waals surface area contributed by atoms with E-state index in [1.54, 1.807) is 11.2 Å². The van der Waals surface area contributed by atoms with E-state index in [1.807, 2.05) is 64.1 Å². The highest BCUT2D eigenvalue weighted by molar-refractivity contribution is 5.93. The maximum absolute atomic E-state index is 13.2. The summed E-state index contributed by atoms with van der Waals surface area (Å²) in [5.74, 6) is 1.61. The molecule has 3 heterocycles. The second-order valence-corrected chi connectivity index (χ2v) is 12.8. The molecule has 2 atom stereocenters. The summed E-state index contributed by atoms with van der Waals surface area (Å²) in [4.78, 5) is 40.9. The SMILES string of the molecule is Cc1ccc(OC2CCN(C(=O)OC(C)(C)C)CC2)cc1NC(=O)CN1C[C@@H](C)N(c2ncnc3ccccc23)[C@@H](C)C1. The Hall–Kier alpha value is -3.92. The Morgan fingerprint density at radius 3 is 2.40 bits per heavy atom. The lowest BCUT2D eigenvalue weighted by atomic mass is 10.1. The number of nitrogens with zero attached hydrogens (tertiary/aromatic N) is 5. The molecule has 5 rings (SSSR count). The fourth-order valence-electron chi connectivity index (χ4n) is 6.05. The molecule has 2 aromatic carbocycles. The summed E-state index contributed by atoms with van der Waals surface area (Å²) in [7, 11) is 0. The average molecular weight is 589 g/mol. The molecule has 2 aliphatic heterocycles. The number of rotatable bonds is 6. The molecule has 0 bridgehead atoms. The summed E-state index contributed by atoms with van der Waals surface area (Å²) in [6, 6.07) is 14.2. The van der Waals surface area contributed by atoms with Gasteiger partial charge in [0.2, 0.25) is 5.91 Å². The number of hydrogen-bond acceptors (Lipinski definition) is 8. The average Bonchev–Trinajstić information content (AvgIpc) is 2.94. The number of hydrogen-bond donors (Lipinski definition) is 1. The Kier molecular flexibility index (Phi) is 9.05. The van der Waals surface area contributed by atoms with Crippen molar-refractivity contribution >= 4 is 34.4 Å². The third-order valence-corrected chi connectivity index (χ3v) is 8.01. The van der Waals surface area contributed by atoms with E-state index in [4.69, 9.17) is 9.47 Å². The van der Waals surface area contributed by atoms with Gasteiger partial charge in [0, 0.05) is 68.2 Å². The van der Waals surface area contributed by atoms with E-state index >= 15 is 0 Å². The van der Waals surface area contributed by atoms with Gasteiger partial charge >= 0.3 is 6.09 Å². The number of nitrogens with one attached hydrogen (secondary N) is 1. The van der Waals surface area contributed by atoms with E-state index in [0.717, 1.165) is 53.9 Å². The zero-order valence-electron chi connectivity index (χ0n) is 26.2. The maximum atomic E-state index is 13.2. The van der Waals surface area contributed by atoms with Crippen LogP contribution in [0.4, 0.5) is 16.3 Å². The molecule has 2 amide bonds. The number of benzene rings is 2. The van der Waals surface area contributed by atoms with Crippen LogP contribution in [-0.4, -0.2) is 88.3 Å². The quantitative estimate of drug-likeness (QED) is 0.417. The molecule has 2 fully saturated rings. The Morgan fingerprint density at radius 1 is 1.00 bits per heavy atom. The van der Waals surface area contributed by atoms with E-state index in [1.165, 1.54) is 0 Å². The largest absolute Gasteiger partial charge is 0.490 e. The molecule has 10 heteroatoms. The Bertz CT molecular complexity index is 1430. The third-order valence-electron chi connectivity index (χ3n) is 8.01. The Morgan fingerprint density at radius 2 is 1.70 bits per heavy atom. The number of aromatic nitrogens is 2. The van der Waals surface area contributed by atoms with Gasteiger partial charge in [-0.1, -0.05) is 18.2 Å². The molecule has 0 unspecified atom stereocenters. The maximum Gasteiger partial charge on any atom is 0.410 e. The molecule has 2 aliphatic rings. The fraction of sp³-hybridized carbons (Fsp3) is 0.515. The van der Waals surface area contributed by atoms with Crippen molar-refractivity contribution in [1.29, 1.82) is 0 Å². The van der Waals surface area contributed by atoms with Crippen LogP contribution in [0.2, 0.25) is 0 Å². The molecule has 2 saturated heterocycles. The molecule has 43 heavy (non-hydrogen) atoms. The number of ether oxygens (including phenoxy) is 2. The van der Waals surface area contributed by atoms with Crippen LogP contribution in [0.15, 0.2) is 48.8 Å². The lowest BCUT2D eigenvalue weighted by Gasteiger charge is -2.45. The minimum Gasteiger partial charge on any atom is -0.490 e. The standard InChI is InChI=1S/C33H44N6O4/c1-22-11-12-26(42-25-13-15-38(16-14-25)32(41)43-33(4,5)6)17-29(22)36-30(40)20-37-18-23(2)39(24(3)19-37)31-27-9-7-8-10-28(27)34-21-35-31/h7-12,17,21,23-25H,13-16,18-20H2,1-6H3,(H,36,40)/t23-,24+. The molecular formula is C33H44N6O4. The molecule has 230 valence electrons. The van der Waals surface area contributed by atoms with Crippen molar-refractivity contribution < 1.29 is 19.1 Å². The van der Waals surface area contributed by atoms with Gasteiger partial charge in [-0.05, 0) is 65.3 Å². The summed E-state index contributed by atoms with van der Waals surface area (Å²) in [5, 5.41) is 4.15. The first kappa shape index (κ1) is 30.5. The van der Waals surface area contributed by atoms with Crippen LogP contribution in [-0.2, 0) is 9.53 Å². The number of piperazine rings is 1. The molecule has 3 aromatic rings. The predicted octanol–water partition coefficient (Wildman–Crippen LogP) is 5.25. The topological polar surface area (TPSA) is 100 Å². The Labute approximate surface area is 254 Å². The van der Waals surface area contributed by atoms with E-state index in [2.05, 4.69) is 45.0 Å². The number of carbonyl (C=O) groups excluding carboxylic acids is 2. The van der Waals surface area contributed by atoms with Gasteiger partial charge in [0.05, 0.1) is 12.1 Å². The van der Waals surface area contributed by atoms with E-state index < -0.39 is 5.60 Å². The zero-order valence-corrected chi connectivity index (χ0v) is 26.2. The second-order valence-electron chi connectivity index (χ2n) is 12.8. The van der Waals surface area contributed by atoms with E-state index in [9.17, 15) is 9.59 Å². The number of piperidine rings is 1. The Balaban J connectivity index is 1.15. The van der Waals surface area contributed by atoms with Crippen LogP contribution >= 0.6 is 0 Å². The predicted molar refractivity (Wildman–Crippen MR) is 169 cm³/mol. The minimum absolute atomic E-state index is 0.00350. The molecule has 0 spiro atoms. The summed E-state index contributed by atoms with van der Waals surface area (Å²) in [6.07, 6.45) is 2.80. The van der Waals surface area contributed by atoms with Crippen LogP contribution in [0, 0.1) is 6.92 Å². The van der Waals surface area contributed by atoms with Gasteiger partial charge in [0.1, 0.15) is 29.6 Å². The van der Waals surface area contributed by atoms with E-state index in [0.29, 0.717) is 25.4 Å². The smallest absolute Gasteiger partial charge is 0.410 e. The number of fused-ring (bicyclic) bond motifs is 1. The summed E-state index contributed by atoms with van der Waals surface area (Å²) < 4.78 is 11.8. The first-order chi connectivity index (χ1) is 20.5. The van der Waals surface area contributed by atoms with Gasteiger partial charge in [-0.3, -0.25) is 9.69 Å². The highest BCUT2D eigenvalue weighted by atomic mass is 16.6. The third kappa shape index (κ3) is 7.54. The molecular weight excluding hydrogens is 544 g/mol. The lowest BCUT2D eigenvalue weighted by Crippen LogP contribution is -2.58. The molecule has 0 radical (unpaired) electrons. The molecule has 0 saturated carbocycles. The number of para-hydroxylation sites is 1. The summed E-state index contributed by atoms with van der Waals surface area (Å²) >= 11 is 0. The number of likely N-dealkylation sites (tertiary alicyclic amines) is 1. The van der Waals surface area contributed by atoms with Gasteiger partial charge in [-0.25, -0.2) is 14.8 Å². The van der Waals surface area contributed by atoms with Crippen LogP contribution in [0.5, 0.6) is 5.75 Å². The van der Waals surface area contributed by atoms with Crippen molar-refractivity contribution in [3.8, 4) is 5.75 Å². The van der Waals surface area contributed by atoms with Crippen molar-refractivity contribution in [3.05, 3.63) is 54.4 Å². The highest BCUT2D eigenvalue weighted by Gasteiger charge is 2.32.